The van der Waals surface area contributed by atoms with Gasteiger partial charge in [-0.3, -0.25) is 14.6 Å². The van der Waals surface area contributed by atoms with Gasteiger partial charge in [0.2, 0.25) is 0 Å². The lowest BCUT2D eigenvalue weighted by molar-refractivity contribution is -0.00461. The Morgan fingerprint density at radius 2 is 1.78 bits per heavy atom. The summed E-state index contributed by atoms with van der Waals surface area (Å²) in [5.41, 5.74) is 1.44. The Bertz CT molecular complexity index is 1450. The fourth-order valence-corrected chi connectivity index (χ4v) is 6.62. The molecule has 4 aromatic rings. The number of nitrogens with zero attached hydrogens (tertiary/aromatic N) is 3. The van der Waals surface area contributed by atoms with Gasteiger partial charge in [0.15, 0.2) is 0 Å². The van der Waals surface area contributed by atoms with Crippen LogP contribution >= 0.6 is 22.7 Å². The van der Waals surface area contributed by atoms with E-state index >= 15 is 0 Å². The average Bonchev–Trinajstić information content (AvgIpc) is 3.57. The third-order valence-corrected chi connectivity index (χ3v) is 8.57. The van der Waals surface area contributed by atoms with Crippen molar-refractivity contribution in [1.29, 1.82) is 0 Å². The molecular formula is C26H27N3O5S2. The molecule has 0 bridgehead atoms. The van der Waals surface area contributed by atoms with E-state index in [0.29, 0.717) is 35.0 Å². The lowest BCUT2D eigenvalue weighted by Gasteiger charge is -2.14. The smallest absolute Gasteiger partial charge is 0.264 e. The van der Waals surface area contributed by atoms with Crippen LogP contribution in [0.1, 0.15) is 24.9 Å². The summed E-state index contributed by atoms with van der Waals surface area (Å²) in [5.74, 6) is 1.21. The summed E-state index contributed by atoms with van der Waals surface area (Å²) < 4.78 is 19.0. The molecule has 0 unspecified atom stereocenters. The number of carbonyl (C=O) groups is 2. The van der Waals surface area contributed by atoms with Crippen LogP contribution in [0.4, 0.5) is 0 Å². The molecular weight excluding hydrogens is 498 g/mol. The van der Waals surface area contributed by atoms with Gasteiger partial charge in [0.05, 0.1) is 20.7 Å². The van der Waals surface area contributed by atoms with E-state index in [1.807, 2.05) is 31.2 Å². The molecule has 5 rings (SSSR count). The third-order valence-electron chi connectivity index (χ3n) is 6.38. The van der Waals surface area contributed by atoms with Gasteiger partial charge in [-0.25, -0.2) is 0 Å². The van der Waals surface area contributed by atoms with Crippen LogP contribution < -0.4 is 4.74 Å². The molecule has 188 valence electrons. The predicted molar refractivity (Wildman–Crippen MR) is 142 cm³/mol. The second-order valence-electron chi connectivity index (χ2n) is 8.89. The molecule has 1 fully saturated rings. The van der Waals surface area contributed by atoms with Crippen LogP contribution in [0.5, 0.6) is 11.5 Å². The molecule has 2 amide bonds. The molecule has 1 saturated heterocycles. The van der Waals surface area contributed by atoms with Crippen LogP contribution in [-0.2, 0) is 9.47 Å². The van der Waals surface area contributed by atoms with Crippen LogP contribution in [-0.4, -0.2) is 80.2 Å². The number of aryl methyl sites for hydroxylation is 1. The minimum Gasteiger partial charge on any atom is -0.456 e. The summed E-state index contributed by atoms with van der Waals surface area (Å²) in [6, 6.07) is 9.36. The number of thiophene rings is 2. The maximum atomic E-state index is 13.2. The van der Waals surface area contributed by atoms with Crippen molar-refractivity contribution in [2.24, 2.45) is 0 Å². The molecule has 36 heavy (non-hydrogen) atoms. The largest absolute Gasteiger partial charge is 0.456 e. The fourth-order valence-electron chi connectivity index (χ4n) is 4.50. The first-order valence-corrected chi connectivity index (χ1v) is 13.1. The van der Waals surface area contributed by atoms with Gasteiger partial charge in [0.25, 0.3) is 11.8 Å². The summed E-state index contributed by atoms with van der Waals surface area (Å²) in [6.45, 7) is 2.93. The zero-order valence-electron chi connectivity index (χ0n) is 20.7. The number of aromatic nitrogens is 1. The Morgan fingerprint density at radius 3 is 2.44 bits per heavy atom. The number of ether oxygens (including phenoxy) is 3. The second kappa shape index (κ2) is 9.78. The molecule has 0 aliphatic carbocycles. The van der Waals surface area contributed by atoms with Gasteiger partial charge in [0, 0.05) is 68.6 Å². The number of benzene rings is 1. The number of hydrogen-bond acceptors (Lipinski definition) is 8. The van der Waals surface area contributed by atoms with Crippen molar-refractivity contribution in [3.05, 3.63) is 51.8 Å². The Morgan fingerprint density at radius 1 is 1.06 bits per heavy atom. The summed E-state index contributed by atoms with van der Waals surface area (Å²) >= 11 is 2.94. The van der Waals surface area contributed by atoms with E-state index in [9.17, 15) is 9.59 Å². The first-order valence-electron chi connectivity index (χ1n) is 11.5. The molecule has 0 spiro atoms. The topological polar surface area (TPSA) is 81.2 Å². The van der Waals surface area contributed by atoms with E-state index < -0.39 is 0 Å². The minimum atomic E-state index is -0.144. The molecule has 1 aliphatic heterocycles. The molecule has 0 saturated carbocycles. The normalized spacial score (nSPS) is 17.8. The molecule has 3 aromatic heterocycles. The summed E-state index contributed by atoms with van der Waals surface area (Å²) in [5, 5.41) is 0.918. The van der Waals surface area contributed by atoms with Crippen LogP contribution in [0.25, 0.3) is 20.3 Å². The number of pyridine rings is 1. The van der Waals surface area contributed by atoms with Crippen molar-refractivity contribution < 1.29 is 23.8 Å². The van der Waals surface area contributed by atoms with E-state index in [1.165, 1.54) is 11.3 Å². The highest BCUT2D eigenvalue weighted by Gasteiger charge is 2.36. The lowest BCUT2D eigenvalue weighted by Crippen LogP contribution is -2.29. The van der Waals surface area contributed by atoms with Crippen molar-refractivity contribution in [2.45, 2.75) is 19.1 Å². The molecule has 0 N–H and O–H groups in total. The molecule has 2 atom stereocenters. The zero-order chi connectivity index (χ0) is 25.6. The summed E-state index contributed by atoms with van der Waals surface area (Å²) in [4.78, 5) is 35.2. The van der Waals surface area contributed by atoms with Gasteiger partial charge in [-0.15, -0.1) is 22.7 Å². The van der Waals surface area contributed by atoms with Crippen LogP contribution in [0, 0.1) is 6.92 Å². The van der Waals surface area contributed by atoms with E-state index in [0.717, 1.165) is 25.2 Å². The predicted octanol–water partition coefficient (Wildman–Crippen LogP) is 4.80. The number of amides is 2. The number of methoxy groups -OCH3 is 2. The van der Waals surface area contributed by atoms with Crippen molar-refractivity contribution in [3.8, 4) is 11.5 Å². The first kappa shape index (κ1) is 24.6. The van der Waals surface area contributed by atoms with Crippen molar-refractivity contribution in [1.82, 2.24) is 14.8 Å². The van der Waals surface area contributed by atoms with Crippen LogP contribution in [0.2, 0.25) is 0 Å². The fraction of sp³-hybridized carbons (Fsp3) is 0.346. The zero-order valence-corrected chi connectivity index (χ0v) is 22.4. The standard InChI is InChI=1S/C26H27N3O5S2/c1-14-23(26(31)28(2)3)16-7-6-15(10-21(16)35-14)34-18-8-9-27-17-11-22(36-24(17)18)25(30)29-12-19(32-4)20(13-29)33-5/h6-11,19-20H,12-13H2,1-5H3/t19-,20+. The highest BCUT2D eigenvalue weighted by atomic mass is 32.1. The van der Waals surface area contributed by atoms with Crippen molar-refractivity contribution >= 4 is 54.8 Å². The Kier molecular flexibility index (Phi) is 6.69. The first-order chi connectivity index (χ1) is 17.3. The van der Waals surface area contributed by atoms with Gasteiger partial charge in [-0.05, 0) is 31.2 Å². The number of fused-ring (bicyclic) bond motifs is 2. The molecule has 1 aromatic carbocycles. The number of hydrogen-bond donors (Lipinski definition) is 0. The van der Waals surface area contributed by atoms with Gasteiger partial charge >= 0.3 is 0 Å². The SMILES string of the molecule is CO[C@H]1CN(C(=O)c2cc3nccc(Oc4ccc5c(C(=O)N(C)C)c(C)sc5c4)c3s2)C[C@H]1OC. The number of rotatable bonds is 6. The molecule has 10 heteroatoms. The minimum absolute atomic E-state index is 0.00863. The van der Waals surface area contributed by atoms with Crippen molar-refractivity contribution in [2.75, 3.05) is 41.4 Å². The monoisotopic (exact) mass is 525 g/mol. The van der Waals surface area contributed by atoms with Crippen LogP contribution in [0.3, 0.4) is 0 Å². The van der Waals surface area contributed by atoms with Gasteiger partial charge in [-0.2, -0.15) is 0 Å². The van der Waals surface area contributed by atoms with Gasteiger partial charge in [0.1, 0.15) is 23.7 Å². The number of carbonyl (C=O) groups excluding carboxylic acids is 2. The quantitative estimate of drug-likeness (QED) is 0.360. The average molecular weight is 526 g/mol. The molecule has 4 heterocycles. The van der Waals surface area contributed by atoms with E-state index in [2.05, 4.69) is 4.98 Å². The van der Waals surface area contributed by atoms with E-state index in [-0.39, 0.29) is 24.0 Å². The summed E-state index contributed by atoms with van der Waals surface area (Å²) in [6.07, 6.45) is 1.39. The number of likely N-dealkylation sites (tertiary alicyclic amines) is 1. The molecule has 1 aliphatic rings. The Hall–Kier alpha value is -3.05. The van der Waals surface area contributed by atoms with Gasteiger partial charge < -0.3 is 24.0 Å². The van der Waals surface area contributed by atoms with E-state index in [1.54, 1.807) is 61.7 Å². The van der Waals surface area contributed by atoms with Crippen LogP contribution in [0.15, 0.2) is 36.5 Å². The lowest BCUT2D eigenvalue weighted by atomic mass is 10.1. The molecule has 8 nitrogen and oxygen atoms in total. The maximum Gasteiger partial charge on any atom is 0.264 e. The highest BCUT2D eigenvalue weighted by molar-refractivity contribution is 7.21. The Labute approximate surface area is 217 Å². The van der Waals surface area contributed by atoms with E-state index in [4.69, 9.17) is 14.2 Å². The summed E-state index contributed by atoms with van der Waals surface area (Å²) in [7, 11) is 6.78. The second-order valence-corrected chi connectivity index (χ2v) is 11.2. The maximum absolute atomic E-state index is 13.2. The third kappa shape index (κ3) is 4.34. The van der Waals surface area contributed by atoms with Crippen molar-refractivity contribution in [3.63, 3.8) is 0 Å². The van der Waals surface area contributed by atoms with Gasteiger partial charge in [-0.1, -0.05) is 0 Å². The molecule has 0 radical (unpaired) electrons. The highest BCUT2D eigenvalue weighted by Crippen LogP contribution is 2.39. The Balaban J connectivity index is 1.42.